The molecule has 3 amide bonds. The number of carbonyl (C=O) groups is 4. The molecule has 0 bridgehead atoms. The van der Waals surface area contributed by atoms with Crippen molar-refractivity contribution < 1.29 is 60.8 Å². The molecule has 64 heavy (non-hydrogen) atoms. The fraction of sp³-hybridized carbons (Fsp3) is 0.400. The van der Waals surface area contributed by atoms with Crippen LogP contribution in [0.25, 0.3) is 0 Å². The number of aliphatic carboxylic acids is 1. The number of urea groups is 1. The maximum atomic E-state index is 14.3. The van der Waals surface area contributed by atoms with Crippen molar-refractivity contribution in [1.82, 2.24) is 33.9 Å². The second-order valence-corrected chi connectivity index (χ2v) is 19.7. The van der Waals surface area contributed by atoms with Crippen LogP contribution in [0.5, 0.6) is 11.8 Å². The van der Waals surface area contributed by atoms with Crippen LogP contribution in [0, 0.1) is 5.82 Å². The molecule has 29 heteroatoms. The van der Waals surface area contributed by atoms with Crippen LogP contribution in [-0.2, 0) is 42.0 Å². The summed E-state index contributed by atoms with van der Waals surface area (Å²) in [7, 11) is -0.654. The summed E-state index contributed by atoms with van der Waals surface area (Å²) in [4.78, 5) is 84.3. The van der Waals surface area contributed by atoms with Gasteiger partial charge >= 0.3 is 22.8 Å². The van der Waals surface area contributed by atoms with Crippen LogP contribution in [0.4, 0.5) is 20.8 Å². The lowest BCUT2D eigenvalue weighted by Gasteiger charge is -2.15. The van der Waals surface area contributed by atoms with Gasteiger partial charge in [-0.15, -0.1) is 11.8 Å². The number of halogens is 2. The molecule has 5 rings (SSSR count). The van der Waals surface area contributed by atoms with Crippen LogP contribution in [-0.4, -0.2) is 132 Å². The number of sulfonamides is 1. The molecule has 4 heterocycles. The Bertz CT molecular complexity index is 2600. The highest BCUT2D eigenvalue weighted by Gasteiger charge is 2.27. The molecule has 1 aromatic carbocycles. The molecule has 2 atom stereocenters. The van der Waals surface area contributed by atoms with Crippen molar-refractivity contribution in [3.63, 3.8) is 0 Å². The number of fused-ring (bicyclic) bond motifs is 1. The molecule has 2 unspecified atom stereocenters. The number of benzene rings is 1. The van der Waals surface area contributed by atoms with E-state index in [0.29, 0.717) is 22.8 Å². The molecule has 1 aliphatic heterocycles. The van der Waals surface area contributed by atoms with E-state index < -0.39 is 58.2 Å². The molecule has 0 spiro atoms. The number of nitrogens with zero attached hydrogens (tertiary/aromatic N) is 7. The minimum absolute atomic E-state index is 0.0412. The molecule has 350 valence electrons. The van der Waals surface area contributed by atoms with Crippen molar-refractivity contribution in [3.8, 4) is 11.8 Å². The summed E-state index contributed by atoms with van der Waals surface area (Å²) >= 11 is 8.17. The molecule has 3 aromatic heterocycles. The van der Waals surface area contributed by atoms with Crippen LogP contribution < -0.4 is 34.9 Å². The van der Waals surface area contributed by atoms with E-state index in [1.165, 1.54) is 77.5 Å². The quantitative estimate of drug-likeness (QED) is 0.0689. The summed E-state index contributed by atoms with van der Waals surface area (Å²) in [6.45, 7) is 2.51. The number of hydrogen-bond donors (Lipinski definition) is 5. The van der Waals surface area contributed by atoms with E-state index in [1.807, 2.05) is 0 Å². The van der Waals surface area contributed by atoms with E-state index in [2.05, 4.69) is 30.0 Å². The monoisotopic (exact) mass is 994 g/mol. The van der Waals surface area contributed by atoms with Crippen molar-refractivity contribution in [2.45, 2.75) is 48.3 Å². The molecule has 0 fully saturated rings. The van der Waals surface area contributed by atoms with Crippen LogP contribution in [0.2, 0.25) is 5.02 Å². The number of methoxy groups -OCH3 is 3. The number of pyridine rings is 1. The molecule has 0 saturated heterocycles. The average molecular weight is 995 g/mol. The maximum absolute atomic E-state index is 14.3. The zero-order valence-electron chi connectivity index (χ0n) is 35.0. The van der Waals surface area contributed by atoms with Gasteiger partial charge in [0.2, 0.25) is 22.5 Å². The molecule has 4 aromatic rings. The lowest BCUT2D eigenvalue weighted by atomic mass is 10.2. The van der Waals surface area contributed by atoms with Gasteiger partial charge in [-0.05, 0) is 54.9 Å². The van der Waals surface area contributed by atoms with E-state index in [4.69, 9.17) is 36.8 Å². The second kappa shape index (κ2) is 24.0. The van der Waals surface area contributed by atoms with Crippen molar-refractivity contribution >= 4 is 87.6 Å². The summed E-state index contributed by atoms with van der Waals surface area (Å²) in [5, 5.41) is 10.0. The van der Waals surface area contributed by atoms with Crippen LogP contribution >= 0.6 is 42.1 Å². The van der Waals surface area contributed by atoms with Crippen LogP contribution in [0.1, 0.15) is 29.6 Å². The predicted octanol–water partition coefficient (Wildman–Crippen LogP) is 2.58. The molecule has 1 aliphatic rings. The lowest BCUT2D eigenvalue weighted by molar-refractivity contribution is -0.139. The summed E-state index contributed by atoms with van der Waals surface area (Å²) in [6.07, 6.45) is 3.08. The van der Waals surface area contributed by atoms with Gasteiger partial charge in [-0.3, -0.25) is 33.7 Å². The van der Waals surface area contributed by atoms with E-state index in [-0.39, 0.29) is 57.2 Å². The number of nitrogens with one attached hydrogen (secondary N) is 2. The predicted molar refractivity (Wildman–Crippen MR) is 233 cm³/mol. The number of amides is 3. The number of aromatic nitrogens is 5. The Morgan fingerprint density at radius 2 is 1.73 bits per heavy atom. The third-order valence-corrected chi connectivity index (χ3v) is 12.8. The Hall–Kier alpha value is -5.44. The first-order valence-corrected chi connectivity index (χ1v) is 24.2. The van der Waals surface area contributed by atoms with Crippen molar-refractivity contribution in [1.29, 1.82) is 0 Å². The Morgan fingerprint density at radius 3 is 2.30 bits per heavy atom. The summed E-state index contributed by atoms with van der Waals surface area (Å²) in [6, 6.07) is 4.52. The highest BCUT2D eigenvalue weighted by atomic mass is 35.5. The van der Waals surface area contributed by atoms with E-state index in [9.17, 15) is 41.3 Å². The van der Waals surface area contributed by atoms with Gasteiger partial charge < -0.3 is 34.8 Å². The van der Waals surface area contributed by atoms with E-state index >= 15 is 0 Å². The highest BCUT2D eigenvalue weighted by Crippen LogP contribution is 2.36. The maximum Gasteiger partial charge on any atom is 0.335 e. The van der Waals surface area contributed by atoms with Crippen molar-refractivity contribution in [2.24, 2.45) is 10.7 Å². The summed E-state index contributed by atoms with van der Waals surface area (Å²) < 4.78 is 69.6. The molecular weight excluding hydrogens is 950 g/mol. The van der Waals surface area contributed by atoms with Crippen molar-refractivity contribution in [3.05, 3.63) is 67.4 Å². The molecule has 0 saturated carbocycles. The molecular formula is C35H45ClFN10O13PS3. The minimum atomic E-state index is -4.46. The van der Waals surface area contributed by atoms with E-state index in [0.717, 1.165) is 42.0 Å². The molecule has 0 aliphatic carbocycles. The molecule has 6 N–H and O–H groups in total. The van der Waals surface area contributed by atoms with Gasteiger partial charge in [0.05, 0.1) is 43.7 Å². The SMILES string of the molecule is COC(=O)CSc1cc(N=c2sc(=O)n3n2CCCC3)c(F)cc1Cl.COc1cc(OC)nc(NC(=O)NS(=O)(=O)c2ncccc2C(=O)N(C)C)n1.CP(=O)(O)CCC(N)C(=O)O. The Kier molecular flexibility index (Phi) is 19.9. The van der Waals surface area contributed by atoms with Gasteiger partial charge in [0.15, 0.2) is 12.4 Å². The molecule has 23 nitrogen and oxygen atoms in total. The van der Waals surface area contributed by atoms with E-state index in [1.54, 1.807) is 14.1 Å². The third kappa shape index (κ3) is 16.0. The van der Waals surface area contributed by atoms with Gasteiger partial charge in [-0.2, -0.15) is 18.4 Å². The summed E-state index contributed by atoms with van der Waals surface area (Å²) in [5.74, 6) is -2.72. The normalized spacial score (nSPS) is 13.6. The number of nitrogens with two attached hydrogens (primary N) is 1. The minimum Gasteiger partial charge on any atom is -0.481 e. The molecule has 0 radical (unpaired) electrons. The highest BCUT2D eigenvalue weighted by molar-refractivity contribution is 8.00. The zero-order chi connectivity index (χ0) is 47.9. The number of hydrogen-bond acceptors (Lipinski definition) is 18. The van der Waals surface area contributed by atoms with Crippen LogP contribution in [0.15, 0.2) is 56.2 Å². The largest absolute Gasteiger partial charge is 0.481 e. The second-order valence-electron chi connectivity index (χ2n) is 13.2. The fourth-order valence-electron chi connectivity index (χ4n) is 4.91. The lowest BCUT2D eigenvalue weighted by Crippen LogP contribution is -2.36. The number of rotatable bonds is 14. The first-order chi connectivity index (χ1) is 30.0. The third-order valence-electron chi connectivity index (χ3n) is 8.07. The number of carbonyl (C=O) groups excluding carboxylic acids is 3. The smallest absolute Gasteiger partial charge is 0.335 e. The first-order valence-electron chi connectivity index (χ1n) is 18.3. The number of thioether (sulfide) groups is 1. The number of ether oxygens (including phenoxy) is 3. The van der Waals surface area contributed by atoms with Gasteiger partial charge in [-0.25, -0.2) is 28.6 Å². The van der Waals surface area contributed by atoms with Gasteiger partial charge in [-0.1, -0.05) is 11.6 Å². The number of carboxylic acid groups (broad SMARTS) is 1. The van der Waals surface area contributed by atoms with Gasteiger partial charge in [0.25, 0.3) is 15.9 Å². The standard InChI is InChI=1S/C15H15ClFN3O3S2.C15H18N6O6S.C5H12NO4P/c1-23-13(21)8-24-12-7-11(10(17)6-9(12)16)18-14-19-4-2-3-5-20(19)15(22)25-14;1-21(2)13(22)9-6-5-7-16-12(9)28(24,25)20-15(23)19-14-17-10(26-3)8-11(18-14)27-4;1-11(9,10)3-2-4(6)5(7)8/h6-7H,2-5,8H2,1H3;5-8H,1-4H3,(H2,17,18,19,20,23);4H,2-3,6H2,1H3,(H,7,8)(H,9,10). The van der Waals surface area contributed by atoms with Crippen LogP contribution in [0.3, 0.4) is 0 Å². The fourth-order valence-corrected chi connectivity index (χ4v) is 8.69. The van der Waals surface area contributed by atoms with Gasteiger partial charge in [0.1, 0.15) is 17.5 Å². The Labute approximate surface area is 378 Å². The first kappa shape index (κ1) is 52.9. The number of esters is 1. The van der Waals surface area contributed by atoms with Gasteiger partial charge in [0, 0.05) is 51.1 Å². The average Bonchev–Trinajstić information content (AvgIpc) is 3.56. The van der Waals surface area contributed by atoms with Crippen molar-refractivity contribution in [2.75, 3.05) is 59.3 Å². The Balaban J connectivity index is 0.000000278. The summed E-state index contributed by atoms with van der Waals surface area (Å²) in [5.41, 5.74) is 4.99. The topological polar surface area (TPSA) is 319 Å². The number of carboxylic acids is 1. The zero-order valence-corrected chi connectivity index (χ0v) is 39.1. The number of anilines is 1. The Morgan fingerprint density at radius 1 is 1.11 bits per heavy atom.